The van der Waals surface area contributed by atoms with Crippen LogP contribution in [0.5, 0.6) is 0 Å². The largest absolute Gasteiger partial charge is 0.218 e. The second-order valence-electron chi connectivity index (χ2n) is 5.58. The van der Waals surface area contributed by atoms with Gasteiger partial charge in [-0.1, -0.05) is 91.0 Å². The molecular formula is C21H21N2. The maximum Gasteiger partial charge on any atom is 0.0557 e. The molecule has 3 aromatic rings. The summed E-state index contributed by atoms with van der Waals surface area (Å²) in [4.78, 5) is 0. The first-order valence-electron chi connectivity index (χ1n) is 7.94. The molecule has 1 radical (unpaired) electrons. The van der Waals surface area contributed by atoms with Gasteiger partial charge in [-0.05, 0) is 16.7 Å². The van der Waals surface area contributed by atoms with Gasteiger partial charge in [-0.2, -0.15) is 5.43 Å². The van der Waals surface area contributed by atoms with E-state index < -0.39 is 0 Å². The van der Waals surface area contributed by atoms with Gasteiger partial charge in [0.25, 0.3) is 0 Å². The lowest BCUT2D eigenvalue weighted by Gasteiger charge is -2.21. The van der Waals surface area contributed by atoms with Crippen LogP contribution in [0.15, 0.2) is 91.0 Å². The third kappa shape index (κ3) is 5.06. The fourth-order valence-electron chi connectivity index (χ4n) is 2.51. The molecule has 3 rings (SSSR count). The van der Waals surface area contributed by atoms with Crippen LogP contribution >= 0.6 is 0 Å². The maximum absolute atomic E-state index is 4.82. The van der Waals surface area contributed by atoms with Crippen LogP contribution < -0.4 is 5.43 Å². The van der Waals surface area contributed by atoms with Gasteiger partial charge in [-0.15, -0.1) is 0 Å². The Morgan fingerprint density at radius 1 is 0.522 bits per heavy atom. The normalized spacial score (nSPS) is 10.8. The SMILES string of the molecule is c1ccc(C[N]N(Cc2ccccc2)Cc2ccccc2)cc1. The van der Waals surface area contributed by atoms with E-state index in [2.05, 4.69) is 77.8 Å². The van der Waals surface area contributed by atoms with Crippen molar-refractivity contribution in [2.75, 3.05) is 0 Å². The third-order valence-corrected chi connectivity index (χ3v) is 3.71. The van der Waals surface area contributed by atoms with E-state index >= 15 is 0 Å². The molecule has 0 atom stereocenters. The van der Waals surface area contributed by atoms with Gasteiger partial charge in [0.2, 0.25) is 0 Å². The third-order valence-electron chi connectivity index (χ3n) is 3.71. The highest BCUT2D eigenvalue weighted by Gasteiger charge is 2.08. The van der Waals surface area contributed by atoms with Gasteiger partial charge >= 0.3 is 0 Å². The van der Waals surface area contributed by atoms with Crippen molar-refractivity contribution < 1.29 is 0 Å². The van der Waals surface area contributed by atoms with Crippen LogP contribution in [-0.4, -0.2) is 5.01 Å². The predicted molar refractivity (Wildman–Crippen MR) is 94.4 cm³/mol. The average Bonchev–Trinajstić information content (AvgIpc) is 2.62. The van der Waals surface area contributed by atoms with E-state index in [1.165, 1.54) is 16.7 Å². The molecule has 115 valence electrons. The Labute approximate surface area is 138 Å². The van der Waals surface area contributed by atoms with E-state index in [-0.39, 0.29) is 0 Å². The summed E-state index contributed by atoms with van der Waals surface area (Å²) in [5, 5.41) is 2.15. The second kappa shape index (κ2) is 8.28. The number of benzene rings is 3. The summed E-state index contributed by atoms with van der Waals surface area (Å²) < 4.78 is 0. The van der Waals surface area contributed by atoms with Gasteiger partial charge in [0.05, 0.1) is 6.54 Å². The molecule has 0 unspecified atom stereocenters. The summed E-state index contributed by atoms with van der Waals surface area (Å²) in [6.07, 6.45) is 0. The summed E-state index contributed by atoms with van der Waals surface area (Å²) in [5.41, 5.74) is 8.61. The molecule has 2 nitrogen and oxygen atoms in total. The van der Waals surface area contributed by atoms with Crippen molar-refractivity contribution in [3.05, 3.63) is 108 Å². The number of hydrogen-bond donors (Lipinski definition) is 0. The zero-order valence-electron chi connectivity index (χ0n) is 13.2. The molecular weight excluding hydrogens is 280 g/mol. The highest BCUT2D eigenvalue weighted by Crippen LogP contribution is 2.10. The first kappa shape index (κ1) is 15.5. The predicted octanol–water partition coefficient (Wildman–Crippen LogP) is 4.41. The number of hydrogen-bond acceptors (Lipinski definition) is 1. The van der Waals surface area contributed by atoms with Crippen LogP contribution in [0.4, 0.5) is 0 Å². The van der Waals surface area contributed by atoms with E-state index in [1.807, 2.05) is 18.2 Å². The van der Waals surface area contributed by atoms with Crippen molar-refractivity contribution in [2.45, 2.75) is 19.6 Å². The summed E-state index contributed by atoms with van der Waals surface area (Å²) >= 11 is 0. The van der Waals surface area contributed by atoms with Crippen molar-refractivity contribution in [3.63, 3.8) is 0 Å². The topological polar surface area (TPSA) is 17.3 Å². The van der Waals surface area contributed by atoms with Gasteiger partial charge in [-0.3, -0.25) is 0 Å². The summed E-state index contributed by atoms with van der Waals surface area (Å²) in [6, 6.07) is 31.4. The monoisotopic (exact) mass is 301 g/mol. The van der Waals surface area contributed by atoms with E-state index in [0.29, 0.717) is 6.54 Å². The minimum Gasteiger partial charge on any atom is -0.218 e. The minimum atomic E-state index is 0.709. The van der Waals surface area contributed by atoms with Gasteiger partial charge in [-0.25, -0.2) is 5.01 Å². The van der Waals surface area contributed by atoms with Crippen LogP contribution in [0.25, 0.3) is 0 Å². The van der Waals surface area contributed by atoms with Crippen molar-refractivity contribution in [1.82, 2.24) is 10.4 Å². The molecule has 0 aliphatic heterocycles. The Morgan fingerprint density at radius 2 is 0.913 bits per heavy atom. The fraction of sp³-hybridized carbons (Fsp3) is 0.143. The molecule has 23 heavy (non-hydrogen) atoms. The first-order valence-corrected chi connectivity index (χ1v) is 7.94. The molecule has 0 spiro atoms. The Kier molecular flexibility index (Phi) is 5.57. The molecule has 0 saturated carbocycles. The molecule has 0 aliphatic rings. The standard InChI is InChI=1S/C21H21N2/c1-4-10-19(11-5-1)16-22-23(17-20-12-6-2-7-13-20)18-21-14-8-3-9-15-21/h1-15H,16-18H2. The molecule has 0 aliphatic carbocycles. The van der Waals surface area contributed by atoms with Crippen LogP contribution in [0.3, 0.4) is 0 Å². The lowest BCUT2D eigenvalue weighted by atomic mass is 10.2. The summed E-state index contributed by atoms with van der Waals surface area (Å²) in [5.74, 6) is 0. The van der Waals surface area contributed by atoms with Crippen molar-refractivity contribution >= 4 is 0 Å². The van der Waals surface area contributed by atoms with E-state index in [0.717, 1.165) is 13.1 Å². The van der Waals surface area contributed by atoms with Crippen LogP contribution in [0.1, 0.15) is 16.7 Å². The molecule has 0 heterocycles. The van der Waals surface area contributed by atoms with Crippen molar-refractivity contribution in [1.29, 1.82) is 0 Å². The highest BCUT2D eigenvalue weighted by molar-refractivity contribution is 5.17. The van der Waals surface area contributed by atoms with Gasteiger partial charge < -0.3 is 0 Å². The summed E-state index contributed by atoms with van der Waals surface area (Å²) in [6.45, 7) is 2.35. The van der Waals surface area contributed by atoms with E-state index in [4.69, 9.17) is 5.43 Å². The van der Waals surface area contributed by atoms with Gasteiger partial charge in [0, 0.05) is 13.1 Å². The highest BCUT2D eigenvalue weighted by atomic mass is 15.5. The minimum absolute atomic E-state index is 0.709. The average molecular weight is 301 g/mol. The lowest BCUT2D eigenvalue weighted by molar-refractivity contribution is 0.156. The summed E-state index contributed by atoms with van der Waals surface area (Å²) in [7, 11) is 0. The quantitative estimate of drug-likeness (QED) is 0.591. The molecule has 0 aromatic heterocycles. The molecule has 3 aromatic carbocycles. The Bertz CT molecular complexity index is 639. The number of nitrogens with zero attached hydrogens (tertiary/aromatic N) is 2. The zero-order valence-corrected chi connectivity index (χ0v) is 13.2. The Hall–Kier alpha value is -2.42. The Morgan fingerprint density at radius 3 is 1.35 bits per heavy atom. The van der Waals surface area contributed by atoms with E-state index in [1.54, 1.807) is 0 Å². The molecule has 0 bridgehead atoms. The van der Waals surface area contributed by atoms with Crippen LogP contribution in [0, 0.1) is 0 Å². The first-order chi connectivity index (χ1) is 11.4. The Balaban J connectivity index is 1.67. The van der Waals surface area contributed by atoms with Crippen LogP contribution in [0.2, 0.25) is 0 Å². The van der Waals surface area contributed by atoms with Crippen molar-refractivity contribution in [2.24, 2.45) is 0 Å². The fourth-order valence-corrected chi connectivity index (χ4v) is 2.51. The van der Waals surface area contributed by atoms with Gasteiger partial charge in [0.15, 0.2) is 0 Å². The smallest absolute Gasteiger partial charge is 0.0557 e. The molecule has 0 saturated heterocycles. The van der Waals surface area contributed by atoms with Gasteiger partial charge in [0.1, 0.15) is 0 Å². The van der Waals surface area contributed by atoms with E-state index in [9.17, 15) is 0 Å². The van der Waals surface area contributed by atoms with Crippen molar-refractivity contribution in [3.8, 4) is 0 Å². The lowest BCUT2D eigenvalue weighted by Crippen LogP contribution is -2.30. The number of rotatable bonds is 7. The molecule has 0 amide bonds. The molecule has 0 fully saturated rings. The molecule has 2 heteroatoms. The molecule has 0 N–H and O–H groups in total. The zero-order chi connectivity index (χ0) is 15.7. The maximum atomic E-state index is 4.82. The second-order valence-corrected chi connectivity index (χ2v) is 5.58. The van der Waals surface area contributed by atoms with Crippen LogP contribution in [-0.2, 0) is 19.6 Å².